The summed E-state index contributed by atoms with van der Waals surface area (Å²) >= 11 is 0. The van der Waals surface area contributed by atoms with Gasteiger partial charge in [0.2, 0.25) is 0 Å². The van der Waals surface area contributed by atoms with E-state index >= 15 is 0 Å². The zero-order valence-electron chi connectivity index (χ0n) is 8.74. The Bertz CT molecular complexity index is 523. The summed E-state index contributed by atoms with van der Waals surface area (Å²) in [4.78, 5) is 12.3. The molecule has 2 atom stereocenters. The molecule has 0 saturated heterocycles. The van der Waals surface area contributed by atoms with Crippen molar-refractivity contribution < 1.29 is 5.11 Å². The molecular formula is C10H13N5O. The fourth-order valence-corrected chi connectivity index (χ4v) is 2.36. The number of aliphatic hydroxyl groups excluding tert-OH is 1. The Balaban J connectivity index is 2.14. The summed E-state index contributed by atoms with van der Waals surface area (Å²) in [7, 11) is 0. The third-order valence-electron chi connectivity index (χ3n) is 3.19. The molecule has 0 unspecified atom stereocenters. The topological polar surface area (TPSA) is 89.9 Å². The van der Waals surface area contributed by atoms with E-state index in [1.807, 2.05) is 4.57 Å². The van der Waals surface area contributed by atoms with Gasteiger partial charge in [0.1, 0.15) is 11.8 Å². The van der Waals surface area contributed by atoms with E-state index in [-0.39, 0.29) is 12.1 Å². The van der Waals surface area contributed by atoms with Crippen molar-refractivity contribution in [2.45, 2.75) is 31.4 Å². The van der Waals surface area contributed by atoms with Crippen molar-refractivity contribution in [2.24, 2.45) is 0 Å². The number of imidazole rings is 1. The lowest BCUT2D eigenvalue weighted by atomic mass is 10.2. The highest BCUT2D eigenvalue weighted by molar-refractivity contribution is 5.81. The summed E-state index contributed by atoms with van der Waals surface area (Å²) in [6.07, 6.45) is 5.63. The summed E-state index contributed by atoms with van der Waals surface area (Å²) in [5.74, 6) is 0.385. The minimum Gasteiger partial charge on any atom is -0.391 e. The van der Waals surface area contributed by atoms with Crippen molar-refractivity contribution >= 4 is 17.0 Å². The van der Waals surface area contributed by atoms with Gasteiger partial charge in [-0.05, 0) is 19.3 Å². The second-order valence-electron chi connectivity index (χ2n) is 4.15. The lowest BCUT2D eigenvalue weighted by Gasteiger charge is -2.16. The molecule has 2 aromatic heterocycles. The third-order valence-corrected chi connectivity index (χ3v) is 3.19. The van der Waals surface area contributed by atoms with Crippen LogP contribution in [-0.2, 0) is 0 Å². The molecule has 0 radical (unpaired) electrons. The predicted molar refractivity (Wildman–Crippen MR) is 58.6 cm³/mol. The van der Waals surface area contributed by atoms with Gasteiger partial charge in [-0.2, -0.15) is 0 Å². The molecule has 3 rings (SSSR count). The Labute approximate surface area is 92.1 Å². The minimum absolute atomic E-state index is 0.0688. The SMILES string of the molecule is Nc1ncnc2c1ncn2[C@@H]1CCC[C@@H]1O. The molecule has 2 aromatic rings. The summed E-state index contributed by atoms with van der Waals surface area (Å²) < 4.78 is 1.91. The van der Waals surface area contributed by atoms with E-state index in [0.717, 1.165) is 19.3 Å². The van der Waals surface area contributed by atoms with Crippen molar-refractivity contribution in [1.29, 1.82) is 0 Å². The van der Waals surface area contributed by atoms with Gasteiger partial charge in [-0.25, -0.2) is 15.0 Å². The molecule has 0 amide bonds. The summed E-state index contributed by atoms with van der Waals surface area (Å²) in [5.41, 5.74) is 7.03. The Kier molecular flexibility index (Phi) is 2.03. The zero-order chi connectivity index (χ0) is 11.1. The predicted octanol–water partition coefficient (Wildman–Crippen LogP) is 0.494. The molecule has 3 N–H and O–H groups in total. The maximum absolute atomic E-state index is 9.87. The van der Waals surface area contributed by atoms with Gasteiger partial charge in [0, 0.05) is 0 Å². The monoisotopic (exact) mass is 219 g/mol. The van der Waals surface area contributed by atoms with Crippen molar-refractivity contribution in [3.63, 3.8) is 0 Å². The number of nitrogens with zero attached hydrogens (tertiary/aromatic N) is 4. The molecule has 1 fully saturated rings. The smallest absolute Gasteiger partial charge is 0.165 e. The fraction of sp³-hybridized carbons (Fsp3) is 0.500. The molecule has 84 valence electrons. The number of anilines is 1. The number of rotatable bonds is 1. The van der Waals surface area contributed by atoms with Crippen LogP contribution in [0.1, 0.15) is 25.3 Å². The molecular weight excluding hydrogens is 206 g/mol. The summed E-state index contributed by atoms with van der Waals surface area (Å²) in [6, 6.07) is 0.0688. The Morgan fingerprint density at radius 2 is 2.19 bits per heavy atom. The first kappa shape index (κ1) is 9.53. The van der Waals surface area contributed by atoms with Crippen LogP contribution < -0.4 is 5.73 Å². The maximum Gasteiger partial charge on any atom is 0.165 e. The van der Waals surface area contributed by atoms with Gasteiger partial charge in [0.05, 0.1) is 18.5 Å². The molecule has 0 aliphatic heterocycles. The molecule has 6 heteroatoms. The lowest BCUT2D eigenvalue weighted by Crippen LogP contribution is -2.17. The normalized spacial score (nSPS) is 25.3. The number of hydrogen-bond acceptors (Lipinski definition) is 5. The van der Waals surface area contributed by atoms with E-state index in [0.29, 0.717) is 17.0 Å². The first-order valence-corrected chi connectivity index (χ1v) is 5.38. The van der Waals surface area contributed by atoms with Crippen LogP contribution in [0.25, 0.3) is 11.2 Å². The number of hydrogen-bond donors (Lipinski definition) is 2. The van der Waals surface area contributed by atoms with Crippen LogP contribution in [0.2, 0.25) is 0 Å². The van der Waals surface area contributed by atoms with E-state index in [4.69, 9.17) is 5.73 Å². The zero-order valence-corrected chi connectivity index (χ0v) is 8.74. The maximum atomic E-state index is 9.87. The van der Waals surface area contributed by atoms with Gasteiger partial charge < -0.3 is 15.4 Å². The Hall–Kier alpha value is -1.69. The highest BCUT2D eigenvalue weighted by Crippen LogP contribution is 2.32. The number of nitrogens with two attached hydrogens (primary N) is 1. The average molecular weight is 219 g/mol. The number of fused-ring (bicyclic) bond motifs is 1. The van der Waals surface area contributed by atoms with Crippen molar-refractivity contribution in [2.75, 3.05) is 5.73 Å². The van der Waals surface area contributed by atoms with Crippen LogP contribution in [0.4, 0.5) is 5.82 Å². The number of aromatic nitrogens is 4. The third kappa shape index (κ3) is 1.26. The summed E-state index contributed by atoms with van der Waals surface area (Å²) in [6.45, 7) is 0. The highest BCUT2D eigenvalue weighted by atomic mass is 16.3. The summed E-state index contributed by atoms with van der Waals surface area (Å²) in [5, 5.41) is 9.87. The molecule has 6 nitrogen and oxygen atoms in total. The van der Waals surface area contributed by atoms with Crippen LogP contribution in [0.3, 0.4) is 0 Å². The first-order valence-electron chi connectivity index (χ1n) is 5.38. The lowest BCUT2D eigenvalue weighted by molar-refractivity contribution is 0.138. The van der Waals surface area contributed by atoms with Crippen LogP contribution in [0, 0.1) is 0 Å². The minimum atomic E-state index is -0.311. The van der Waals surface area contributed by atoms with E-state index in [2.05, 4.69) is 15.0 Å². The van der Waals surface area contributed by atoms with E-state index in [1.165, 1.54) is 6.33 Å². The number of nitrogen functional groups attached to an aromatic ring is 1. The molecule has 16 heavy (non-hydrogen) atoms. The largest absolute Gasteiger partial charge is 0.391 e. The van der Waals surface area contributed by atoms with Gasteiger partial charge in [-0.3, -0.25) is 0 Å². The van der Waals surface area contributed by atoms with Gasteiger partial charge in [-0.15, -0.1) is 0 Å². The average Bonchev–Trinajstić information content (AvgIpc) is 2.84. The van der Waals surface area contributed by atoms with Crippen LogP contribution in [0.15, 0.2) is 12.7 Å². The van der Waals surface area contributed by atoms with Crippen LogP contribution in [0.5, 0.6) is 0 Å². The fourth-order valence-electron chi connectivity index (χ4n) is 2.36. The molecule has 1 aliphatic rings. The second-order valence-corrected chi connectivity index (χ2v) is 4.15. The quantitative estimate of drug-likeness (QED) is 0.728. The molecule has 0 bridgehead atoms. The molecule has 1 aliphatic carbocycles. The number of aliphatic hydroxyl groups is 1. The van der Waals surface area contributed by atoms with Gasteiger partial charge in [0.25, 0.3) is 0 Å². The van der Waals surface area contributed by atoms with Crippen molar-refractivity contribution in [1.82, 2.24) is 19.5 Å². The van der Waals surface area contributed by atoms with Gasteiger partial charge in [0.15, 0.2) is 11.5 Å². The highest BCUT2D eigenvalue weighted by Gasteiger charge is 2.28. The van der Waals surface area contributed by atoms with Gasteiger partial charge in [-0.1, -0.05) is 0 Å². The molecule has 2 heterocycles. The Morgan fingerprint density at radius 1 is 1.31 bits per heavy atom. The molecule has 0 spiro atoms. The van der Waals surface area contributed by atoms with E-state index in [9.17, 15) is 5.11 Å². The molecule has 0 aromatic carbocycles. The van der Waals surface area contributed by atoms with Crippen LogP contribution in [-0.4, -0.2) is 30.7 Å². The van der Waals surface area contributed by atoms with E-state index in [1.54, 1.807) is 6.33 Å². The first-order chi connectivity index (χ1) is 7.77. The molecule has 1 saturated carbocycles. The van der Waals surface area contributed by atoms with Crippen LogP contribution >= 0.6 is 0 Å². The Morgan fingerprint density at radius 3 is 2.94 bits per heavy atom. The van der Waals surface area contributed by atoms with Crippen molar-refractivity contribution in [3.8, 4) is 0 Å². The van der Waals surface area contributed by atoms with Crippen molar-refractivity contribution in [3.05, 3.63) is 12.7 Å². The standard InChI is InChI=1S/C10H13N5O/c11-9-8-10(13-4-12-9)15(5-14-8)6-2-1-3-7(6)16/h4-7,16H,1-3H2,(H2,11,12,13)/t6-,7+/m1/s1. The van der Waals surface area contributed by atoms with E-state index < -0.39 is 0 Å². The second kappa shape index (κ2) is 3.41. The van der Waals surface area contributed by atoms with Gasteiger partial charge >= 0.3 is 0 Å².